The Labute approximate surface area is 115 Å². The SMILES string of the molecule is CCCc1nc(NC)cc(NC2CCC(OC)C2)n1. The summed E-state index contributed by atoms with van der Waals surface area (Å²) in [5, 5.41) is 6.60. The van der Waals surface area contributed by atoms with Gasteiger partial charge in [0.05, 0.1) is 6.10 Å². The van der Waals surface area contributed by atoms with E-state index in [1.54, 1.807) is 7.11 Å². The van der Waals surface area contributed by atoms with E-state index in [0.717, 1.165) is 49.6 Å². The summed E-state index contributed by atoms with van der Waals surface area (Å²) in [5.74, 6) is 2.70. The summed E-state index contributed by atoms with van der Waals surface area (Å²) >= 11 is 0. The number of nitrogens with one attached hydrogen (secondary N) is 2. The van der Waals surface area contributed by atoms with Crippen LogP contribution in [-0.4, -0.2) is 36.3 Å². The average Bonchev–Trinajstić information content (AvgIpc) is 2.86. The van der Waals surface area contributed by atoms with E-state index < -0.39 is 0 Å². The molecular weight excluding hydrogens is 240 g/mol. The monoisotopic (exact) mass is 264 g/mol. The molecular formula is C14H24N4O. The smallest absolute Gasteiger partial charge is 0.133 e. The zero-order valence-electron chi connectivity index (χ0n) is 12.1. The molecule has 0 radical (unpaired) electrons. The first kappa shape index (κ1) is 14.1. The first-order valence-electron chi connectivity index (χ1n) is 7.10. The molecule has 1 aromatic heterocycles. The van der Waals surface area contributed by atoms with Crippen LogP contribution >= 0.6 is 0 Å². The third kappa shape index (κ3) is 3.80. The highest BCUT2D eigenvalue weighted by Gasteiger charge is 2.24. The van der Waals surface area contributed by atoms with Crippen molar-refractivity contribution in [2.24, 2.45) is 0 Å². The highest BCUT2D eigenvalue weighted by molar-refractivity contribution is 5.47. The van der Waals surface area contributed by atoms with Crippen molar-refractivity contribution in [1.82, 2.24) is 9.97 Å². The van der Waals surface area contributed by atoms with Crippen molar-refractivity contribution < 1.29 is 4.74 Å². The number of hydrogen-bond donors (Lipinski definition) is 2. The van der Waals surface area contributed by atoms with Crippen LogP contribution in [0.3, 0.4) is 0 Å². The van der Waals surface area contributed by atoms with Gasteiger partial charge in [-0.05, 0) is 25.7 Å². The molecule has 1 saturated carbocycles. The van der Waals surface area contributed by atoms with Crippen molar-refractivity contribution in [2.45, 2.75) is 51.2 Å². The third-order valence-corrected chi connectivity index (χ3v) is 3.57. The Bertz CT molecular complexity index is 410. The summed E-state index contributed by atoms with van der Waals surface area (Å²) in [6, 6.07) is 2.43. The van der Waals surface area contributed by atoms with Crippen LogP contribution in [0, 0.1) is 0 Å². The number of nitrogens with zero attached hydrogens (tertiary/aromatic N) is 2. The van der Waals surface area contributed by atoms with Crippen molar-refractivity contribution in [1.29, 1.82) is 0 Å². The quantitative estimate of drug-likeness (QED) is 0.826. The van der Waals surface area contributed by atoms with Gasteiger partial charge in [0.15, 0.2) is 0 Å². The Balaban J connectivity index is 2.04. The number of aromatic nitrogens is 2. The molecule has 0 saturated heterocycles. The van der Waals surface area contributed by atoms with Crippen LogP contribution in [0.4, 0.5) is 11.6 Å². The van der Waals surface area contributed by atoms with Crippen LogP contribution in [0.1, 0.15) is 38.4 Å². The summed E-state index contributed by atoms with van der Waals surface area (Å²) in [7, 11) is 3.68. The molecule has 1 aliphatic rings. The number of hydrogen-bond acceptors (Lipinski definition) is 5. The second kappa shape index (κ2) is 6.70. The number of aryl methyl sites for hydroxylation is 1. The lowest BCUT2D eigenvalue weighted by atomic mass is 10.2. The van der Waals surface area contributed by atoms with E-state index in [1.165, 1.54) is 0 Å². The molecule has 19 heavy (non-hydrogen) atoms. The summed E-state index contributed by atoms with van der Waals surface area (Å²) in [4.78, 5) is 9.04. The Kier molecular flexibility index (Phi) is 4.96. The highest BCUT2D eigenvalue weighted by atomic mass is 16.5. The van der Waals surface area contributed by atoms with Crippen LogP contribution in [0.25, 0.3) is 0 Å². The fraction of sp³-hybridized carbons (Fsp3) is 0.714. The van der Waals surface area contributed by atoms with E-state index in [0.29, 0.717) is 12.1 Å². The minimum absolute atomic E-state index is 0.387. The van der Waals surface area contributed by atoms with Crippen LogP contribution in [0.2, 0.25) is 0 Å². The molecule has 1 aliphatic carbocycles. The summed E-state index contributed by atoms with van der Waals surface area (Å²) in [6.45, 7) is 2.14. The van der Waals surface area contributed by atoms with Crippen molar-refractivity contribution in [3.8, 4) is 0 Å². The second-order valence-electron chi connectivity index (χ2n) is 5.07. The van der Waals surface area contributed by atoms with E-state index in [-0.39, 0.29) is 0 Å². The molecule has 2 unspecified atom stereocenters. The molecule has 0 spiro atoms. The predicted molar refractivity (Wildman–Crippen MR) is 77.6 cm³/mol. The molecule has 0 aromatic carbocycles. The standard InChI is InChI=1S/C14H24N4O/c1-4-5-12-17-13(15-2)9-14(18-12)16-10-6-7-11(8-10)19-3/h9-11H,4-8H2,1-3H3,(H2,15,16,17,18). The molecule has 0 aliphatic heterocycles. The molecule has 2 N–H and O–H groups in total. The van der Waals surface area contributed by atoms with Crippen molar-refractivity contribution in [3.63, 3.8) is 0 Å². The molecule has 106 valence electrons. The maximum absolute atomic E-state index is 5.40. The number of ether oxygens (including phenoxy) is 1. The normalized spacial score (nSPS) is 22.5. The summed E-state index contributed by atoms with van der Waals surface area (Å²) in [5.41, 5.74) is 0. The van der Waals surface area contributed by atoms with Gasteiger partial charge in [-0.1, -0.05) is 6.92 Å². The van der Waals surface area contributed by atoms with Crippen molar-refractivity contribution >= 4 is 11.6 Å². The molecule has 2 rings (SSSR count). The van der Waals surface area contributed by atoms with Gasteiger partial charge in [0.25, 0.3) is 0 Å². The Hall–Kier alpha value is -1.36. The molecule has 0 bridgehead atoms. The van der Waals surface area contributed by atoms with Gasteiger partial charge in [0, 0.05) is 32.7 Å². The van der Waals surface area contributed by atoms with E-state index >= 15 is 0 Å². The first-order chi connectivity index (χ1) is 9.25. The zero-order valence-corrected chi connectivity index (χ0v) is 12.1. The molecule has 5 nitrogen and oxygen atoms in total. The van der Waals surface area contributed by atoms with Gasteiger partial charge in [-0.3, -0.25) is 0 Å². The Morgan fingerprint density at radius 1 is 1.32 bits per heavy atom. The lowest BCUT2D eigenvalue weighted by Gasteiger charge is -2.15. The van der Waals surface area contributed by atoms with Gasteiger partial charge in [-0.15, -0.1) is 0 Å². The predicted octanol–water partition coefficient (Wildman–Crippen LogP) is 2.45. The minimum atomic E-state index is 0.387. The summed E-state index contributed by atoms with van der Waals surface area (Å²) in [6.07, 6.45) is 5.68. The molecule has 0 amide bonds. The lowest BCUT2D eigenvalue weighted by Crippen LogP contribution is -2.19. The zero-order chi connectivity index (χ0) is 13.7. The fourth-order valence-electron chi connectivity index (χ4n) is 2.53. The second-order valence-corrected chi connectivity index (χ2v) is 5.07. The summed E-state index contributed by atoms with van der Waals surface area (Å²) < 4.78 is 5.40. The van der Waals surface area contributed by atoms with Gasteiger partial charge < -0.3 is 15.4 Å². The third-order valence-electron chi connectivity index (χ3n) is 3.57. The van der Waals surface area contributed by atoms with Crippen molar-refractivity contribution in [3.05, 3.63) is 11.9 Å². The number of anilines is 2. The van der Waals surface area contributed by atoms with Gasteiger partial charge in [0.1, 0.15) is 17.5 Å². The van der Waals surface area contributed by atoms with Gasteiger partial charge in [0.2, 0.25) is 0 Å². The number of rotatable bonds is 6. The average molecular weight is 264 g/mol. The van der Waals surface area contributed by atoms with Gasteiger partial charge >= 0.3 is 0 Å². The van der Waals surface area contributed by atoms with Crippen LogP contribution in [0.15, 0.2) is 6.07 Å². The number of methoxy groups -OCH3 is 1. The van der Waals surface area contributed by atoms with E-state index in [1.807, 2.05) is 13.1 Å². The van der Waals surface area contributed by atoms with E-state index in [2.05, 4.69) is 27.5 Å². The van der Waals surface area contributed by atoms with Crippen LogP contribution in [0.5, 0.6) is 0 Å². The minimum Gasteiger partial charge on any atom is -0.381 e. The van der Waals surface area contributed by atoms with E-state index in [9.17, 15) is 0 Å². The largest absolute Gasteiger partial charge is 0.381 e. The lowest BCUT2D eigenvalue weighted by molar-refractivity contribution is 0.108. The molecule has 2 atom stereocenters. The maximum atomic E-state index is 5.40. The van der Waals surface area contributed by atoms with Crippen LogP contribution < -0.4 is 10.6 Å². The van der Waals surface area contributed by atoms with Crippen molar-refractivity contribution in [2.75, 3.05) is 24.8 Å². The maximum Gasteiger partial charge on any atom is 0.133 e. The molecule has 1 heterocycles. The van der Waals surface area contributed by atoms with Crippen LogP contribution in [-0.2, 0) is 11.2 Å². The molecule has 1 aromatic rings. The first-order valence-corrected chi connectivity index (χ1v) is 7.10. The molecule has 1 fully saturated rings. The van der Waals surface area contributed by atoms with Gasteiger partial charge in [-0.2, -0.15) is 0 Å². The Morgan fingerprint density at radius 3 is 2.74 bits per heavy atom. The van der Waals surface area contributed by atoms with Gasteiger partial charge in [-0.25, -0.2) is 9.97 Å². The Morgan fingerprint density at radius 2 is 2.11 bits per heavy atom. The molecule has 5 heteroatoms. The highest BCUT2D eigenvalue weighted by Crippen LogP contribution is 2.25. The fourth-order valence-corrected chi connectivity index (χ4v) is 2.53. The topological polar surface area (TPSA) is 59.1 Å². The van der Waals surface area contributed by atoms with E-state index in [4.69, 9.17) is 4.74 Å².